The molecular formula is C16H18N2O2. The van der Waals surface area contributed by atoms with E-state index in [2.05, 4.69) is 10.3 Å². The number of rotatable bonds is 5. The fourth-order valence-electron chi connectivity index (χ4n) is 1.71. The van der Waals surface area contributed by atoms with Gasteiger partial charge in [-0.25, -0.2) is 0 Å². The van der Waals surface area contributed by atoms with E-state index in [9.17, 15) is 4.79 Å². The Kier molecular flexibility index (Phi) is 4.71. The summed E-state index contributed by atoms with van der Waals surface area (Å²) in [5, 5.41) is 2.82. The van der Waals surface area contributed by atoms with Crippen LogP contribution in [0, 0.1) is 13.8 Å². The molecule has 1 N–H and O–H groups in total. The molecule has 104 valence electrons. The first kappa shape index (κ1) is 14.1. The molecule has 1 aromatic heterocycles. The van der Waals surface area contributed by atoms with Gasteiger partial charge < -0.3 is 10.1 Å². The molecule has 1 amide bonds. The number of aromatic nitrogens is 1. The average Bonchev–Trinajstić information content (AvgIpc) is 2.46. The number of aryl methyl sites for hydroxylation is 2. The highest BCUT2D eigenvalue weighted by Crippen LogP contribution is 2.11. The van der Waals surface area contributed by atoms with Crippen molar-refractivity contribution in [1.82, 2.24) is 10.3 Å². The normalized spacial score (nSPS) is 10.1. The monoisotopic (exact) mass is 270 g/mol. The van der Waals surface area contributed by atoms with E-state index in [1.165, 1.54) is 0 Å². The first-order valence-electron chi connectivity index (χ1n) is 6.51. The van der Waals surface area contributed by atoms with Gasteiger partial charge in [-0.15, -0.1) is 0 Å². The van der Waals surface area contributed by atoms with E-state index in [-0.39, 0.29) is 12.5 Å². The standard InChI is InChI=1S/C16H18N2O2/c1-12-3-5-15(6-4-12)20-11-16(19)18-10-14-9-17-8-7-13(14)2/h3-9H,10-11H2,1-2H3,(H,18,19). The van der Waals surface area contributed by atoms with Crippen LogP contribution in [0.25, 0.3) is 0 Å². The third kappa shape index (κ3) is 4.09. The molecule has 2 aromatic rings. The SMILES string of the molecule is Cc1ccc(OCC(=O)NCc2cnccc2C)cc1. The lowest BCUT2D eigenvalue weighted by molar-refractivity contribution is -0.123. The van der Waals surface area contributed by atoms with Crippen LogP contribution in [0.3, 0.4) is 0 Å². The molecule has 20 heavy (non-hydrogen) atoms. The number of ether oxygens (including phenoxy) is 1. The molecule has 0 bridgehead atoms. The molecule has 4 heteroatoms. The maximum Gasteiger partial charge on any atom is 0.258 e. The Hall–Kier alpha value is -2.36. The van der Waals surface area contributed by atoms with Gasteiger partial charge in [-0.3, -0.25) is 9.78 Å². The summed E-state index contributed by atoms with van der Waals surface area (Å²) in [7, 11) is 0. The molecule has 0 unspecified atom stereocenters. The van der Waals surface area contributed by atoms with Crippen molar-refractivity contribution in [2.24, 2.45) is 0 Å². The highest BCUT2D eigenvalue weighted by molar-refractivity contribution is 5.77. The van der Waals surface area contributed by atoms with Crippen LogP contribution in [0.4, 0.5) is 0 Å². The molecule has 1 heterocycles. The van der Waals surface area contributed by atoms with E-state index in [1.54, 1.807) is 12.4 Å². The first-order chi connectivity index (χ1) is 9.65. The number of nitrogens with one attached hydrogen (secondary N) is 1. The van der Waals surface area contributed by atoms with Crippen LogP contribution in [0.15, 0.2) is 42.7 Å². The number of amides is 1. The smallest absolute Gasteiger partial charge is 0.258 e. The Morgan fingerprint density at radius 2 is 1.95 bits per heavy atom. The Bertz CT molecular complexity index is 579. The summed E-state index contributed by atoms with van der Waals surface area (Å²) in [5.74, 6) is 0.553. The van der Waals surface area contributed by atoms with Gasteiger partial charge in [-0.1, -0.05) is 17.7 Å². The molecule has 2 rings (SSSR count). The molecule has 0 aliphatic carbocycles. The molecule has 1 aromatic carbocycles. The fourth-order valence-corrected chi connectivity index (χ4v) is 1.71. The van der Waals surface area contributed by atoms with Crippen molar-refractivity contribution in [3.63, 3.8) is 0 Å². The van der Waals surface area contributed by atoms with Gasteiger partial charge in [0.1, 0.15) is 5.75 Å². The van der Waals surface area contributed by atoms with Crippen LogP contribution >= 0.6 is 0 Å². The van der Waals surface area contributed by atoms with Gasteiger partial charge in [0.2, 0.25) is 0 Å². The van der Waals surface area contributed by atoms with Gasteiger partial charge in [-0.05, 0) is 43.2 Å². The molecule has 0 saturated carbocycles. The van der Waals surface area contributed by atoms with E-state index >= 15 is 0 Å². The number of hydrogen-bond acceptors (Lipinski definition) is 3. The van der Waals surface area contributed by atoms with Crippen LogP contribution in [0.5, 0.6) is 5.75 Å². The largest absolute Gasteiger partial charge is 0.484 e. The Balaban J connectivity index is 1.78. The third-order valence-electron chi connectivity index (χ3n) is 3.01. The second-order valence-corrected chi connectivity index (χ2v) is 4.68. The Morgan fingerprint density at radius 3 is 2.65 bits per heavy atom. The van der Waals surface area contributed by atoms with Gasteiger partial charge >= 0.3 is 0 Å². The predicted molar refractivity (Wildman–Crippen MR) is 77.5 cm³/mol. The van der Waals surface area contributed by atoms with Gasteiger partial charge in [-0.2, -0.15) is 0 Å². The zero-order valence-corrected chi connectivity index (χ0v) is 11.7. The minimum absolute atomic E-state index is 0.0162. The lowest BCUT2D eigenvalue weighted by atomic mass is 10.1. The summed E-state index contributed by atoms with van der Waals surface area (Å²) in [6, 6.07) is 9.53. The molecule has 0 aliphatic heterocycles. The van der Waals surface area contributed by atoms with Crippen molar-refractivity contribution < 1.29 is 9.53 Å². The predicted octanol–water partition coefficient (Wildman–Crippen LogP) is 2.39. The Labute approximate surface area is 118 Å². The summed E-state index contributed by atoms with van der Waals surface area (Å²) >= 11 is 0. The van der Waals surface area contributed by atoms with E-state index in [1.807, 2.05) is 44.2 Å². The lowest BCUT2D eigenvalue weighted by Crippen LogP contribution is -2.28. The van der Waals surface area contributed by atoms with Crippen LogP contribution in [-0.2, 0) is 11.3 Å². The van der Waals surface area contributed by atoms with Gasteiger partial charge in [0.05, 0.1) is 0 Å². The van der Waals surface area contributed by atoms with E-state index in [4.69, 9.17) is 4.74 Å². The second kappa shape index (κ2) is 6.70. The highest BCUT2D eigenvalue weighted by atomic mass is 16.5. The van der Waals surface area contributed by atoms with Crippen molar-refractivity contribution in [3.8, 4) is 5.75 Å². The first-order valence-corrected chi connectivity index (χ1v) is 6.51. The van der Waals surface area contributed by atoms with Crippen molar-refractivity contribution in [2.45, 2.75) is 20.4 Å². The Morgan fingerprint density at radius 1 is 1.20 bits per heavy atom. The van der Waals surface area contributed by atoms with Crippen LogP contribution in [0.1, 0.15) is 16.7 Å². The summed E-state index contributed by atoms with van der Waals surface area (Å²) in [6.45, 7) is 4.48. The molecule has 0 spiro atoms. The minimum Gasteiger partial charge on any atom is -0.484 e. The maximum atomic E-state index is 11.7. The summed E-state index contributed by atoms with van der Waals surface area (Å²) in [6.07, 6.45) is 3.50. The summed E-state index contributed by atoms with van der Waals surface area (Å²) in [4.78, 5) is 15.8. The molecule has 4 nitrogen and oxygen atoms in total. The molecule has 0 atom stereocenters. The number of carbonyl (C=O) groups excluding carboxylic acids is 1. The summed E-state index contributed by atoms with van der Waals surface area (Å²) < 4.78 is 5.41. The quantitative estimate of drug-likeness (QED) is 0.907. The molecule has 0 saturated heterocycles. The molecule has 0 aliphatic rings. The zero-order valence-electron chi connectivity index (χ0n) is 11.7. The van der Waals surface area contributed by atoms with Gasteiger partial charge in [0, 0.05) is 18.9 Å². The van der Waals surface area contributed by atoms with Crippen molar-refractivity contribution >= 4 is 5.91 Å². The molecular weight excluding hydrogens is 252 g/mol. The van der Waals surface area contributed by atoms with Crippen molar-refractivity contribution in [2.75, 3.05) is 6.61 Å². The van der Waals surface area contributed by atoms with E-state index in [0.29, 0.717) is 12.3 Å². The number of benzene rings is 1. The van der Waals surface area contributed by atoms with Gasteiger partial charge in [0.15, 0.2) is 6.61 Å². The fraction of sp³-hybridized carbons (Fsp3) is 0.250. The average molecular weight is 270 g/mol. The molecule has 0 radical (unpaired) electrons. The van der Waals surface area contributed by atoms with Crippen LogP contribution in [0.2, 0.25) is 0 Å². The lowest BCUT2D eigenvalue weighted by Gasteiger charge is -2.09. The maximum absolute atomic E-state index is 11.7. The number of pyridine rings is 1. The summed E-state index contributed by atoms with van der Waals surface area (Å²) in [5.41, 5.74) is 3.28. The van der Waals surface area contributed by atoms with Crippen LogP contribution < -0.4 is 10.1 Å². The van der Waals surface area contributed by atoms with Crippen molar-refractivity contribution in [3.05, 3.63) is 59.4 Å². The van der Waals surface area contributed by atoms with E-state index in [0.717, 1.165) is 16.7 Å². The number of carbonyl (C=O) groups is 1. The molecule has 0 fully saturated rings. The number of nitrogens with zero attached hydrogens (tertiary/aromatic N) is 1. The van der Waals surface area contributed by atoms with E-state index < -0.39 is 0 Å². The zero-order chi connectivity index (χ0) is 14.4. The number of hydrogen-bond donors (Lipinski definition) is 1. The topological polar surface area (TPSA) is 51.2 Å². The highest BCUT2D eigenvalue weighted by Gasteiger charge is 2.04. The van der Waals surface area contributed by atoms with Gasteiger partial charge in [0.25, 0.3) is 5.91 Å². The van der Waals surface area contributed by atoms with Crippen LogP contribution in [-0.4, -0.2) is 17.5 Å². The van der Waals surface area contributed by atoms with Crippen molar-refractivity contribution in [1.29, 1.82) is 0 Å². The third-order valence-corrected chi connectivity index (χ3v) is 3.01. The minimum atomic E-state index is -0.145. The second-order valence-electron chi connectivity index (χ2n) is 4.68.